The van der Waals surface area contributed by atoms with E-state index in [9.17, 15) is 4.79 Å². The van der Waals surface area contributed by atoms with Gasteiger partial charge in [-0.25, -0.2) is 0 Å². The Labute approximate surface area is 181 Å². The Hall–Kier alpha value is -2.93. The maximum atomic E-state index is 12.7. The monoisotopic (exact) mass is 425 g/mol. The summed E-state index contributed by atoms with van der Waals surface area (Å²) < 4.78 is 10.6. The van der Waals surface area contributed by atoms with Crippen molar-refractivity contribution >= 4 is 22.4 Å². The van der Waals surface area contributed by atoms with Gasteiger partial charge in [0.05, 0.1) is 20.1 Å². The van der Waals surface area contributed by atoms with Crippen molar-refractivity contribution in [2.75, 3.05) is 19.5 Å². The highest BCUT2D eigenvalue weighted by atomic mass is 32.1. The summed E-state index contributed by atoms with van der Waals surface area (Å²) >= 11 is 1.32. The van der Waals surface area contributed by atoms with Crippen LogP contribution in [0.25, 0.3) is 10.6 Å². The Morgan fingerprint density at radius 3 is 2.33 bits per heavy atom. The summed E-state index contributed by atoms with van der Waals surface area (Å²) in [7, 11) is 3.18. The maximum Gasteiger partial charge on any atom is 0.233 e. The van der Waals surface area contributed by atoms with Crippen LogP contribution in [0.3, 0.4) is 0 Å². The van der Waals surface area contributed by atoms with Gasteiger partial charge in [0.2, 0.25) is 11.0 Å². The number of nitrogens with zero attached hydrogens (tertiary/aromatic N) is 2. The lowest BCUT2D eigenvalue weighted by Gasteiger charge is -2.12. The molecule has 1 unspecified atom stereocenters. The van der Waals surface area contributed by atoms with Gasteiger partial charge in [-0.1, -0.05) is 49.4 Å². The SMILES string of the molecule is COc1ccc(-c2nnc(NC(=O)C(C)c3ccc(CC(C)C)cc3)s2)cc1OC. The fourth-order valence-electron chi connectivity index (χ4n) is 3.14. The third kappa shape index (κ3) is 5.16. The average Bonchev–Trinajstić information content (AvgIpc) is 3.21. The summed E-state index contributed by atoms with van der Waals surface area (Å²) in [4.78, 5) is 12.7. The van der Waals surface area contributed by atoms with Crippen LogP contribution in [0.4, 0.5) is 5.13 Å². The van der Waals surface area contributed by atoms with Crippen molar-refractivity contribution in [3.8, 4) is 22.1 Å². The van der Waals surface area contributed by atoms with Gasteiger partial charge in [-0.2, -0.15) is 0 Å². The molecule has 0 saturated heterocycles. The molecule has 30 heavy (non-hydrogen) atoms. The summed E-state index contributed by atoms with van der Waals surface area (Å²) in [5, 5.41) is 12.4. The molecule has 0 aliphatic carbocycles. The first-order chi connectivity index (χ1) is 14.4. The van der Waals surface area contributed by atoms with Crippen LogP contribution in [0.1, 0.15) is 37.8 Å². The molecular weight excluding hydrogens is 398 g/mol. The molecule has 0 radical (unpaired) electrons. The number of carbonyl (C=O) groups is 1. The number of nitrogens with one attached hydrogen (secondary N) is 1. The number of ether oxygens (including phenoxy) is 2. The zero-order valence-electron chi connectivity index (χ0n) is 17.9. The lowest BCUT2D eigenvalue weighted by Crippen LogP contribution is -2.18. The summed E-state index contributed by atoms with van der Waals surface area (Å²) in [5.74, 6) is 1.47. The number of amides is 1. The Kier molecular flexibility index (Phi) is 7.05. The Balaban J connectivity index is 1.68. The van der Waals surface area contributed by atoms with Crippen LogP contribution in [-0.2, 0) is 11.2 Å². The van der Waals surface area contributed by atoms with E-state index in [-0.39, 0.29) is 11.8 Å². The zero-order valence-corrected chi connectivity index (χ0v) is 18.7. The van der Waals surface area contributed by atoms with Gasteiger partial charge in [0.15, 0.2) is 11.5 Å². The second-order valence-corrected chi connectivity index (χ2v) is 8.51. The van der Waals surface area contributed by atoms with Crippen LogP contribution < -0.4 is 14.8 Å². The van der Waals surface area contributed by atoms with Crippen LogP contribution >= 0.6 is 11.3 Å². The minimum Gasteiger partial charge on any atom is -0.493 e. The van der Waals surface area contributed by atoms with Gasteiger partial charge in [-0.3, -0.25) is 10.1 Å². The van der Waals surface area contributed by atoms with Gasteiger partial charge in [0, 0.05) is 5.56 Å². The molecule has 1 amide bonds. The number of methoxy groups -OCH3 is 2. The molecule has 1 atom stereocenters. The third-order valence-electron chi connectivity index (χ3n) is 4.80. The number of rotatable bonds is 8. The molecule has 7 heteroatoms. The van der Waals surface area contributed by atoms with Crippen molar-refractivity contribution in [1.29, 1.82) is 0 Å². The van der Waals surface area contributed by atoms with E-state index in [2.05, 4.69) is 41.5 Å². The molecule has 0 aliphatic rings. The van der Waals surface area contributed by atoms with E-state index < -0.39 is 0 Å². The molecule has 0 saturated carbocycles. The highest BCUT2D eigenvalue weighted by Gasteiger charge is 2.18. The molecule has 3 aromatic rings. The molecule has 6 nitrogen and oxygen atoms in total. The van der Waals surface area contributed by atoms with Gasteiger partial charge in [0.25, 0.3) is 0 Å². The maximum absolute atomic E-state index is 12.7. The smallest absolute Gasteiger partial charge is 0.233 e. The summed E-state index contributed by atoms with van der Waals surface area (Å²) in [6, 6.07) is 13.8. The van der Waals surface area contributed by atoms with Gasteiger partial charge in [0.1, 0.15) is 5.01 Å². The van der Waals surface area contributed by atoms with Crippen LogP contribution in [-0.4, -0.2) is 30.3 Å². The van der Waals surface area contributed by atoms with Gasteiger partial charge < -0.3 is 9.47 Å². The second kappa shape index (κ2) is 9.71. The number of carbonyl (C=O) groups excluding carboxylic acids is 1. The topological polar surface area (TPSA) is 73.3 Å². The highest BCUT2D eigenvalue weighted by Crippen LogP contribution is 2.34. The van der Waals surface area contributed by atoms with Crippen molar-refractivity contribution < 1.29 is 14.3 Å². The molecule has 0 aliphatic heterocycles. The van der Waals surface area contributed by atoms with Crippen LogP contribution in [0.15, 0.2) is 42.5 Å². The number of hydrogen-bond donors (Lipinski definition) is 1. The van der Waals surface area contributed by atoms with Crippen LogP contribution in [0.2, 0.25) is 0 Å². The van der Waals surface area contributed by atoms with Crippen molar-refractivity contribution in [1.82, 2.24) is 10.2 Å². The Morgan fingerprint density at radius 2 is 1.70 bits per heavy atom. The largest absolute Gasteiger partial charge is 0.493 e. The molecule has 1 N–H and O–H groups in total. The van der Waals surface area contributed by atoms with Gasteiger partial charge in [-0.05, 0) is 48.6 Å². The first-order valence-electron chi connectivity index (χ1n) is 9.86. The number of anilines is 1. The summed E-state index contributed by atoms with van der Waals surface area (Å²) in [6.07, 6.45) is 1.03. The second-order valence-electron chi connectivity index (χ2n) is 7.53. The van der Waals surface area contributed by atoms with E-state index in [4.69, 9.17) is 9.47 Å². The standard InChI is InChI=1S/C23H27N3O3S/c1-14(2)12-16-6-8-17(9-7-16)15(3)21(27)24-23-26-25-22(30-23)18-10-11-19(28-4)20(13-18)29-5/h6-11,13-15H,12H2,1-5H3,(H,24,26,27). The lowest BCUT2D eigenvalue weighted by molar-refractivity contribution is -0.117. The minimum absolute atomic E-state index is 0.110. The Bertz CT molecular complexity index is 999. The van der Waals surface area contributed by atoms with E-state index in [1.165, 1.54) is 16.9 Å². The molecular formula is C23H27N3O3S. The normalized spacial score (nSPS) is 11.9. The molecule has 0 bridgehead atoms. The van der Waals surface area contributed by atoms with Crippen molar-refractivity contribution in [3.63, 3.8) is 0 Å². The molecule has 1 heterocycles. The predicted molar refractivity (Wildman–Crippen MR) is 120 cm³/mol. The average molecular weight is 426 g/mol. The van der Waals surface area contributed by atoms with Crippen molar-refractivity contribution in [3.05, 3.63) is 53.6 Å². The predicted octanol–water partition coefficient (Wildman–Crippen LogP) is 5.16. The van der Waals surface area contributed by atoms with Gasteiger partial charge in [-0.15, -0.1) is 10.2 Å². The van der Waals surface area contributed by atoms with E-state index in [0.29, 0.717) is 27.6 Å². The number of aromatic nitrogens is 2. The zero-order chi connectivity index (χ0) is 21.7. The van der Waals surface area contributed by atoms with Crippen molar-refractivity contribution in [2.45, 2.75) is 33.1 Å². The van der Waals surface area contributed by atoms with E-state index in [0.717, 1.165) is 17.5 Å². The van der Waals surface area contributed by atoms with E-state index in [1.54, 1.807) is 14.2 Å². The van der Waals surface area contributed by atoms with Crippen LogP contribution in [0, 0.1) is 5.92 Å². The lowest BCUT2D eigenvalue weighted by atomic mass is 9.96. The molecule has 1 aromatic heterocycles. The van der Waals surface area contributed by atoms with E-state index in [1.807, 2.05) is 37.3 Å². The molecule has 3 rings (SSSR count). The number of benzene rings is 2. The minimum atomic E-state index is -0.286. The number of hydrogen-bond acceptors (Lipinski definition) is 6. The Morgan fingerprint density at radius 1 is 1.00 bits per heavy atom. The van der Waals surface area contributed by atoms with E-state index >= 15 is 0 Å². The summed E-state index contributed by atoms with van der Waals surface area (Å²) in [5.41, 5.74) is 3.11. The first-order valence-corrected chi connectivity index (χ1v) is 10.7. The fraction of sp³-hybridized carbons (Fsp3) is 0.348. The third-order valence-corrected chi connectivity index (χ3v) is 5.69. The highest BCUT2D eigenvalue weighted by molar-refractivity contribution is 7.18. The fourth-order valence-corrected chi connectivity index (χ4v) is 3.88. The molecule has 0 spiro atoms. The van der Waals surface area contributed by atoms with Crippen LogP contribution in [0.5, 0.6) is 11.5 Å². The molecule has 2 aromatic carbocycles. The molecule has 0 fully saturated rings. The molecule has 158 valence electrons. The van der Waals surface area contributed by atoms with Gasteiger partial charge >= 0.3 is 0 Å². The summed E-state index contributed by atoms with van der Waals surface area (Å²) in [6.45, 7) is 6.29. The first kappa shape index (κ1) is 21.8. The quantitative estimate of drug-likeness (QED) is 0.539. The van der Waals surface area contributed by atoms with Crippen molar-refractivity contribution in [2.24, 2.45) is 5.92 Å².